The number of carbonyl (C=O) groups is 1. The molecule has 4 aromatic rings. The van der Waals surface area contributed by atoms with Gasteiger partial charge in [0.2, 0.25) is 11.8 Å². The molecule has 4 rings (SSSR count). The number of hydrogen-bond donors (Lipinski definition) is 1. The molecule has 152 valence electrons. The molecular formula is C23H20FN3O3. The molecule has 0 saturated heterocycles. The van der Waals surface area contributed by atoms with Gasteiger partial charge in [0.05, 0.1) is 17.5 Å². The second-order valence-corrected chi connectivity index (χ2v) is 6.89. The standard InChI is InChI=1S/C23H20FN3O3/c1-14-15(2)29-23(26-14)16-6-5-7-17(12-16)27-21(28)10-11-22-25-13-20(30-22)18-8-3-4-9-19(18)24/h3-9,12-13H,10-11H2,1-2H3,(H,27,28). The molecule has 0 aliphatic rings. The van der Waals surface area contributed by atoms with E-state index >= 15 is 0 Å². The molecule has 7 heteroatoms. The number of rotatable bonds is 6. The molecule has 0 spiro atoms. The zero-order valence-electron chi connectivity index (χ0n) is 16.6. The number of aromatic nitrogens is 2. The molecule has 1 N–H and O–H groups in total. The van der Waals surface area contributed by atoms with Crippen LogP contribution in [0.25, 0.3) is 22.8 Å². The Labute approximate surface area is 172 Å². The van der Waals surface area contributed by atoms with Crippen molar-refractivity contribution in [2.24, 2.45) is 0 Å². The van der Waals surface area contributed by atoms with Crippen molar-refractivity contribution in [3.63, 3.8) is 0 Å². The van der Waals surface area contributed by atoms with E-state index in [4.69, 9.17) is 8.83 Å². The van der Waals surface area contributed by atoms with Gasteiger partial charge in [-0.05, 0) is 44.2 Å². The van der Waals surface area contributed by atoms with Crippen LogP contribution in [0.4, 0.5) is 10.1 Å². The maximum absolute atomic E-state index is 13.9. The fourth-order valence-electron chi connectivity index (χ4n) is 2.98. The zero-order chi connectivity index (χ0) is 21.1. The van der Waals surface area contributed by atoms with Gasteiger partial charge in [-0.2, -0.15) is 0 Å². The van der Waals surface area contributed by atoms with Crippen LogP contribution in [-0.2, 0) is 11.2 Å². The molecule has 0 unspecified atom stereocenters. The van der Waals surface area contributed by atoms with E-state index < -0.39 is 0 Å². The number of benzene rings is 2. The predicted octanol–water partition coefficient (Wildman–Crippen LogP) is 5.32. The molecule has 2 aromatic heterocycles. The van der Waals surface area contributed by atoms with E-state index in [1.165, 1.54) is 12.3 Å². The van der Waals surface area contributed by atoms with Crippen molar-refractivity contribution in [3.05, 3.63) is 77.9 Å². The molecule has 30 heavy (non-hydrogen) atoms. The Morgan fingerprint density at radius 2 is 1.93 bits per heavy atom. The molecule has 0 fully saturated rings. The van der Waals surface area contributed by atoms with E-state index in [-0.39, 0.29) is 18.1 Å². The third-order valence-electron chi connectivity index (χ3n) is 4.68. The Morgan fingerprint density at radius 1 is 1.10 bits per heavy atom. The van der Waals surface area contributed by atoms with Gasteiger partial charge in [-0.3, -0.25) is 4.79 Å². The SMILES string of the molecule is Cc1nc(-c2cccc(NC(=O)CCc3ncc(-c4ccccc4F)o3)c2)oc1C. The Bertz CT molecular complexity index is 1180. The number of hydrogen-bond acceptors (Lipinski definition) is 5. The van der Waals surface area contributed by atoms with Crippen molar-refractivity contribution in [1.29, 1.82) is 0 Å². The molecule has 0 radical (unpaired) electrons. The van der Waals surface area contributed by atoms with Crippen molar-refractivity contribution in [2.75, 3.05) is 5.32 Å². The maximum atomic E-state index is 13.9. The number of nitrogens with one attached hydrogen (secondary N) is 1. The molecule has 0 bridgehead atoms. The number of halogens is 1. The van der Waals surface area contributed by atoms with Crippen LogP contribution in [0.3, 0.4) is 0 Å². The summed E-state index contributed by atoms with van der Waals surface area (Å²) in [5, 5.41) is 2.85. The van der Waals surface area contributed by atoms with Crippen molar-refractivity contribution < 1.29 is 18.0 Å². The van der Waals surface area contributed by atoms with E-state index in [9.17, 15) is 9.18 Å². The Morgan fingerprint density at radius 3 is 2.70 bits per heavy atom. The lowest BCUT2D eigenvalue weighted by Crippen LogP contribution is -2.12. The monoisotopic (exact) mass is 405 g/mol. The summed E-state index contributed by atoms with van der Waals surface area (Å²) in [5.41, 5.74) is 2.60. The van der Waals surface area contributed by atoms with Crippen LogP contribution in [0.5, 0.6) is 0 Å². The zero-order valence-corrected chi connectivity index (χ0v) is 16.6. The molecule has 1 amide bonds. The molecule has 0 saturated carbocycles. The van der Waals surface area contributed by atoms with Crippen LogP contribution >= 0.6 is 0 Å². The van der Waals surface area contributed by atoms with Gasteiger partial charge in [0, 0.05) is 24.1 Å². The largest absolute Gasteiger partial charge is 0.441 e. The average Bonchev–Trinajstić information content (AvgIpc) is 3.34. The van der Waals surface area contributed by atoms with Crippen molar-refractivity contribution in [2.45, 2.75) is 26.7 Å². The van der Waals surface area contributed by atoms with Gasteiger partial charge in [-0.25, -0.2) is 14.4 Å². The lowest BCUT2D eigenvalue weighted by molar-refractivity contribution is -0.116. The predicted molar refractivity (Wildman–Crippen MR) is 110 cm³/mol. The van der Waals surface area contributed by atoms with Gasteiger partial charge in [0.25, 0.3) is 0 Å². The highest BCUT2D eigenvalue weighted by atomic mass is 19.1. The summed E-state index contributed by atoms with van der Waals surface area (Å²) in [6.07, 6.45) is 1.95. The Kier molecular flexibility index (Phi) is 5.43. The molecular weight excluding hydrogens is 385 g/mol. The van der Waals surface area contributed by atoms with Crippen molar-refractivity contribution >= 4 is 11.6 Å². The highest BCUT2D eigenvalue weighted by molar-refractivity contribution is 5.91. The second-order valence-electron chi connectivity index (χ2n) is 6.89. The van der Waals surface area contributed by atoms with Crippen LogP contribution in [0.15, 0.2) is 63.6 Å². The number of nitrogens with zero attached hydrogens (tertiary/aromatic N) is 2. The minimum absolute atomic E-state index is 0.179. The van der Waals surface area contributed by atoms with Crippen LogP contribution in [0.2, 0.25) is 0 Å². The van der Waals surface area contributed by atoms with E-state index in [1.54, 1.807) is 24.3 Å². The number of anilines is 1. The van der Waals surface area contributed by atoms with E-state index in [2.05, 4.69) is 15.3 Å². The second kappa shape index (κ2) is 8.32. The highest BCUT2D eigenvalue weighted by Crippen LogP contribution is 2.25. The van der Waals surface area contributed by atoms with Crippen LogP contribution in [0.1, 0.15) is 23.8 Å². The van der Waals surface area contributed by atoms with E-state index in [0.29, 0.717) is 35.2 Å². The van der Waals surface area contributed by atoms with Gasteiger partial charge >= 0.3 is 0 Å². The minimum atomic E-state index is -0.380. The summed E-state index contributed by atoms with van der Waals surface area (Å²) in [6, 6.07) is 13.6. The third-order valence-corrected chi connectivity index (χ3v) is 4.68. The third kappa shape index (κ3) is 4.30. The van der Waals surface area contributed by atoms with Crippen molar-refractivity contribution in [3.8, 4) is 22.8 Å². The molecule has 2 heterocycles. The normalized spacial score (nSPS) is 10.9. The fourth-order valence-corrected chi connectivity index (χ4v) is 2.98. The van der Waals surface area contributed by atoms with Crippen molar-refractivity contribution in [1.82, 2.24) is 9.97 Å². The first-order valence-corrected chi connectivity index (χ1v) is 9.53. The first-order valence-electron chi connectivity index (χ1n) is 9.53. The number of aryl methyl sites for hydroxylation is 3. The summed E-state index contributed by atoms with van der Waals surface area (Å²) in [7, 11) is 0. The molecule has 0 aliphatic heterocycles. The highest BCUT2D eigenvalue weighted by Gasteiger charge is 2.13. The average molecular weight is 405 g/mol. The van der Waals surface area contributed by atoms with Gasteiger partial charge < -0.3 is 14.2 Å². The Hall–Kier alpha value is -3.74. The molecule has 0 atom stereocenters. The summed E-state index contributed by atoms with van der Waals surface area (Å²) < 4.78 is 25.1. The fraction of sp³-hybridized carbons (Fsp3) is 0.174. The molecule has 2 aromatic carbocycles. The van der Waals surface area contributed by atoms with Gasteiger partial charge in [0.1, 0.15) is 11.6 Å². The van der Waals surface area contributed by atoms with Gasteiger partial charge in [-0.15, -0.1) is 0 Å². The Balaban J connectivity index is 1.38. The van der Waals surface area contributed by atoms with Crippen LogP contribution in [0, 0.1) is 19.7 Å². The lowest BCUT2D eigenvalue weighted by atomic mass is 10.2. The summed E-state index contributed by atoms with van der Waals surface area (Å²) in [6.45, 7) is 3.74. The summed E-state index contributed by atoms with van der Waals surface area (Å²) in [4.78, 5) is 20.9. The first-order chi connectivity index (χ1) is 14.5. The van der Waals surface area contributed by atoms with E-state index in [1.807, 2.05) is 32.0 Å². The minimum Gasteiger partial charge on any atom is -0.441 e. The van der Waals surface area contributed by atoms with Crippen LogP contribution in [-0.4, -0.2) is 15.9 Å². The quantitative estimate of drug-likeness (QED) is 0.469. The first kappa shape index (κ1) is 19.6. The summed E-state index contributed by atoms with van der Waals surface area (Å²) in [5.74, 6) is 1.43. The van der Waals surface area contributed by atoms with E-state index in [0.717, 1.165) is 17.0 Å². The van der Waals surface area contributed by atoms with Gasteiger partial charge in [-0.1, -0.05) is 18.2 Å². The lowest BCUT2D eigenvalue weighted by Gasteiger charge is -2.05. The smallest absolute Gasteiger partial charge is 0.226 e. The van der Waals surface area contributed by atoms with Gasteiger partial charge in [0.15, 0.2) is 11.7 Å². The summed E-state index contributed by atoms with van der Waals surface area (Å²) >= 11 is 0. The number of carbonyl (C=O) groups excluding carboxylic acids is 1. The number of oxazole rings is 2. The topological polar surface area (TPSA) is 81.2 Å². The molecule has 6 nitrogen and oxygen atoms in total. The van der Waals surface area contributed by atoms with Crippen LogP contribution < -0.4 is 5.32 Å². The number of amides is 1. The molecule has 0 aliphatic carbocycles. The maximum Gasteiger partial charge on any atom is 0.226 e.